The SMILES string of the molecule is COC(=O)CCCCCNC(=O)/C=C/c1ccc2c(c1)CC/C(=C\c1cc(C(F)(F)F)cc(C(F)(F)F)c1)C2=O. The van der Waals surface area contributed by atoms with Crippen LogP contribution in [0.25, 0.3) is 12.2 Å². The molecule has 0 heterocycles. The van der Waals surface area contributed by atoms with Crippen molar-refractivity contribution < 1.29 is 45.5 Å². The van der Waals surface area contributed by atoms with Gasteiger partial charge in [0.05, 0.1) is 18.2 Å². The first-order valence-electron chi connectivity index (χ1n) is 12.5. The van der Waals surface area contributed by atoms with E-state index in [1.165, 1.54) is 19.3 Å². The van der Waals surface area contributed by atoms with Crippen molar-refractivity contribution in [2.75, 3.05) is 13.7 Å². The first-order chi connectivity index (χ1) is 18.8. The van der Waals surface area contributed by atoms with E-state index >= 15 is 0 Å². The second-order valence-electron chi connectivity index (χ2n) is 9.27. The summed E-state index contributed by atoms with van der Waals surface area (Å²) in [6.07, 6.45) is -3.05. The number of carbonyl (C=O) groups is 3. The number of aryl methyl sites for hydroxylation is 1. The molecule has 0 saturated heterocycles. The fourth-order valence-corrected chi connectivity index (χ4v) is 4.22. The number of hydrogen-bond acceptors (Lipinski definition) is 4. The Morgan fingerprint density at radius 1 is 0.900 bits per heavy atom. The van der Waals surface area contributed by atoms with Crippen LogP contribution in [0, 0.1) is 0 Å². The number of ether oxygens (including phenoxy) is 1. The number of Topliss-reactive ketones (excluding diaryl/α,β-unsaturated/α-hetero) is 1. The number of fused-ring (bicyclic) bond motifs is 1. The van der Waals surface area contributed by atoms with Crippen LogP contribution in [-0.4, -0.2) is 31.3 Å². The number of unbranched alkanes of at least 4 members (excludes halogenated alkanes) is 2. The molecule has 0 fully saturated rings. The molecule has 40 heavy (non-hydrogen) atoms. The van der Waals surface area contributed by atoms with E-state index in [0.29, 0.717) is 61.1 Å². The summed E-state index contributed by atoms with van der Waals surface area (Å²) in [5.74, 6) is -1.07. The average Bonchev–Trinajstić information content (AvgIpc) is 2.89. The monoisotopic (exact) mass is 567 g/mol. The predicted octanol–water partition coefficient (Wildman–Crippen LogP) is 6.80. The van der Waals surface area contributed by atoms with E-state index < -0.39 is 29.3 Å². The summed E-state index contributed by atoms with van der Waals surface area (Å²) in [4.78, 5) is 36.1. The number of halogens is 6. The van der Waals surface area contributed by atoms with Crippen molar-refractivity contribution in [2.24, 2.45) is 0 Å². The Morgan fingerprint density at radius 3 is 2.20 bits per heavy atom. The highest BCUT2D eigenvalue weighted by molar-refractivity contribution is 6.13. The van der Waals surface area contributed by atoms with Crippen molar-refractivity contribution in [2.45, 2.75) is 50.9 Å². The fraction of sp³-hybridized carbons (Fsp3) is 0.345. The molecule has 0 radical (unpaired) electrons. The van der Waals surface area contributed by atoms with Crippen LogP contribution in [0.4, 0.5) is 26.3 Å². The van der Waals surface area contributed by atoms with Gasteiger partial charge in [-0.2, -0.15) is 26.3 Å². The summed E-state index contributed by atoms with van der Waals surface area (Å²) in [6.45, 7) is 0.439. The molecule has 1 aliphatic carbocycles. The third-order valence-corrected chi connectivity index (χ3v) is 6.29. The smallest absolute Gasteiger partial charge is 0.416 e. The molecule has 0 aromatic heterocycles. The van der Waals surface area contributed by atoms with Crippen molar-refractivity contribution in [3.05, 3.63) is 81.4 Å². The van der Waals surface area contributed by atoms with Crippen LogP contribution in [0.15, 0.2) is 48.0 Å². The maximum atomic E-state index is 13.2. The number of allylic oxidation sites excluding steroid dienone is 1. The van der Waals surface area contributed by atoms with Gasteiger partial charge in [-0.1, -0.05) is 24.6 Å². The van der Waals surface area contributed by atoms with Crippen LogP contribution in [0.1, 0.15) is 70.3 Å². The number of esters is 1. The Hall–Kier alpha value is -3.89. The summed E-state index contributed by atoms with van der Waals surface area (Å²) >= 11 is 0. The van der Waals surface area contributed by atoms with E-state index in [9.17, 15) is 40.7 Å². The lowest BCUT2D eigenvalue weighted by Gasteiger charge is -2.19. The molecule has 0 aliphatic heterocycles. The summed E-state index contributed by atoms with van der Waals surface area (Å²) < 4.78 is 83.6. The molecule has 1 aliphatic rings. The molecule has 5 nitrogen and oxygen atoms in total. The molecule has 11 heteroatoms. The molecular formula is C29H27F6NO4. The van der Waals surface area contributed by atoms with Gasteiger partial charge >= 0.3 is 18.3 Å². The molecule has 214 valence electrons. The van der Waals surface area contributed by atoms with Crippen LogP contribution in [0.2, 0.25) is 0 Å². The number of methoxy groups -OCH3 is 1. The number of alkyl halides is 6. The maximum Gasteiger partial charge on any atom is 0.416 e. The van der Waals surface area contributed by atoms with Crippen LogP contribution in [-0.2, 0) is 33.1 Å². The molecule has 1 N–H and O–H groups in total. The van der Waals surface area contributed by atoms with Gasteiger partial charge in [-0.25, -0.2) is 0 Å². The van der Waals surface area contributed by atoms with Gasteiger partial charge in [-0.05, 0) is 72.7 Å². The van der Waals surface area contributed by atoms with E-state index in [1.54, 1.807) is 18.2 Å². The number of ketones is 1. The fourth-order valence-electron chi connectivity index (χ4n) is 4.22. The zero-order valence-electron chi connectivity index (χ0n) is 21.5. The van der Waals surface area contributed by atoms with E-state index in [2.05, 4.69) is 10.1 Å². The minimum absolute atomic E-state index is 0.0446. The molecule has 2 aromatic rings. The van der Waals surface area contributed by atoms with Gasteiger partial charge < -0.3 is 10.1 Å². The topological polar surface area (TPSA) is 72.5 Å². The lowest BCUT2D eigenvalue weighted by atomic mass is 9.85. The number of amides is 1. The zero-order chi connectivity index (χ0) is 29.5. The molecule has 1 amide bonds. The molecule has 0 spiro atoms. The Morgan fingerprint density at radius 2 is 1.57 bits per heavy atom. The van der Waals surface area contributed by atoms with E-state index in [-0.39, 0.29) is 35.5 Å². The molecule has 0 saturated carbocycles. The molecule has 0 unspecified atom stereocenters. The third-order valence-electron chi connectivity index (χ3n) is 6.29. The number of benzene rings is 2. The second-order valence-corrected chi connectivity index (χ2v) is 9.27. The summed E-state index contributed by atoms with van der Waals surface area (Å²) in [5.41, 5.74) is -1.53. The van der Waals surface area contributed by atoms with Crippen LogP contribution in [0.5, 0.6) is 0 Å². The highest BCUT2D eigenvalue weighted by atomic mass is 19.4. The Balaban J connectivity index is 1.66. The maximum absolute atomic E-state index is 13.2. The first-order valence-corrected chi connectivity index (χ1v) is 12.5. The normalized spacial score (nSPS) is 14.9. The molecule has 2 aromatic carbocycles. The number of hydrogen-bond donors (Lipinski definition) is 1. The summed E-state index contributed by atoms with van der Waals surface area (Å²) in [6, 6.07) is 6.06. The summed E-state index contributed by atoms with van der Waals surface area (Å²) in [5, 5.41) is 2.74. The lowest BCUT2D eigenvalue weighted by Crippen LogP contribution is -2.22. The van der Waals surface area contributed by atoms with Gasteiger partial charge in [0.15, 0.2) is 5.78 Å². The van der Waals surface area contributed by atoms with E-state index in [0.717, 1.165) is 12.5 Å². The highest BCUT2D eigenvalue weighted by Gasteiger charge is 2.37. The Labute approximate surface area is 226 Å². The standard InChI is InChI=1S/C29H27F6NO4/c1-40-26(38)5-3-2-4-12-36-25(37)11-7-18-6-10-24-20(13-18)8-9-21(27(24)39)14-19-15-22(28(30,31)32)17-23(16-19)29(33,34)35/h6-7,10-11,13-17H,2-5,8-9,12H2,1H3,(H,36,37)/b11-7+,21-14+. The predicted molar refractivity (Wildman–Crippen MR) is 136 cm³/mol. The summed E-state index contributed by atoms with van der Waals surface area (Å²) in [7, 11) is 1.33. The molecular weight excluding hydrogens is 540 g/mol. The Bertz CT molecular complexity index is 1290. The van der Waals surface area contributed by atoms with E-state index in [4.69, 9.17) is 0 Å². The number of rotatable bonds is 9. The van der Waals surface area contributed by atoms with Crippen molar-refractivity contribution in [1.29, 1.82) is 0 Å². The van der Waals surface area contributed by atoms with Crippen LogP contribution >= 0.6 is 0 Å². The third kappa shape index (κ3) is 8.56. The quantitative estimate of drug-likeness (QED) is 0.157. The molecule has 0 bridgehead atoms. The van der Waals surface area contributed by atoms with Gasteiger partial charge in [0.25, 0.3) is 0 Å². The second kappa shape index (κ2) is 13.0. The van der Waals surface area contributed by atoms with Gasteiger partial charge in [-0.3, -0.25) is 14.4 Å². The van der Waals surface area contributed by atoms with Gasteiger partial charge in [0.2, 0.25) is 5.91 Å². The molecule has 3 rings (SSSR count). The zero-order valence-corrected chi connectivity index (χ0v) is 21.5. The van der Waals surface area contributed by atoms with Gasteiger partial charge in [0.1, 0.15) is 0 Å². The van der Waals surface area contributed by atoms with Crippen molar-refractivity contribution in [3.8, 4) is 0 Å². The van der Waals surface area contributed by atoms with Crippen LogP contribution < -0.4 is 5.32 Å². The van der Waals surface area contributed by atoms with Crippen molar-refractivity contribution in [3.63, 3.8) is 0 Å². The molecule has 0 atom stereocenters. The van der Waals surface area contributed by atoms with Crippen molar-refractivity contribution in [1.82, 2.24) is 5.32 Å². The van der Waals surface area contributed by atoms with E-state index in [1.807, 2.05) is 0 Å². The van der Waals surface area contributed by atoms with Crippen molar-refractivity contribution >= 4 is 29.8 Å². The van der Waals surface area contributed by atoms with Gasteiger partial charge in [0, 0.05) is 30.2 Å². The minimum Gasteiger partial charge on any atom is -0.469 e. The number of carbonyl (C=O) groups excluding carboxylic acids is 3. The minimum atomic E-state index is -4.98. The Kier molecular flexibility index (Phi) is 9.94. The highest BCUT2D eigenvalue weighted by Crippen LogP contribution is 2.37. The number of nitrogens with one attached hydrogen (secondary N) is 1. The first kappa shape index (κ1) is 30.6. The van der Waals surface area contributed by atoms with Gasteiger partial charge in [-0.15, -0.1) is 0 Å². The lowest BCUT2D eigenvalue weighted by molar-refractivity contribution is -0.143. The average molecular weight is 568 g/mol. The largest absolute Gasteiger partial charge is 0.469 e. The van der Waals surface area contributed by atoms with Crippen LogP contribution in [0.3, 0.4) is 0 Å².